The van der Waals surface area contributed by atoms with Crippen molar-refractivity contribution in [2.75, 3.05) is 14.2 Å². The van der Waals surface area contributed by atoms with Crippen LogP contribution in [0.3, 0.4) is 0 Å². The molecule has 0 saturated heterocycles. The van der Waals surface area contributed by atoms with Crippen LogP contribution in [0.25, 0.3) is 0 Å². The van der Waals surface area contributed by atoms with E-state index in [9.17, 15) is 9.59 Å². The standard InChI is InChI=1S/C15H28O5Si/c1-9-11(20-21(7,8)15(2,3)4)10-12(13(16)18-5)14(17)19-6/h9,11-12H,1,10H2,2-8H3/t11-/m0/s1. The Morgan fingerprint density at radius 3 is 1.86 bits per heavy atom. The molecule has 5 nitrogen and oxygen atoms in total. The average molecular weight is 316 g/mol. The van der Waals surface area contributed by atoms with Gasteiger partial charge >= 0.3 is 11.9 Å². The van der Waals surface area contributed by atoms with E-state index in [0.29, 0.717) is 0 Å². The predicted molar refractivity (Wildman–Crippen MR) is 84.4 cm³/mol. The molecule has 0 amide bonds. The van der Waals surface area contributed by atoms with Crippen LogP contribution in [0.4, 0.5) is 0 Å². The summed E-state index contributed by atoms with van der Waals surface area (Å²) in [5.41, 5.74) is 0. The van der Waals surface area contributed by atoms with Crippen LogP contribution in [-0.4, -0.2) is 40.6 Å². The van der Waals surface area contributed by atoms with Crippen LogP contribution in [0.15, 0.2) is 12.7 Å². The predicted octanol–water partition coefficient (Wildman–Crippen LogP) is 2.92. The second kappa shape index (κ2) is 7.75. The van der Waals surface area contributed by atoms with Crippen molar-refractivity contribution in [3.8, 4) is 0 Å². The number of rotatable bonds is 7. The zero-order valence-electron chi connectivity index (χ0n) is 14.2. The SMILES string of the molecule is C=C[C@@H](CC(C(=O)OC)C(=O)OC)O[Si](C)(C)C(C)(C)C. The molecule has 0 rings (SSSR count). The molecule has 0 spiro atoms. The van der Waals surface area contributed by atoms with Gasteiger partial charge in [-0.05, 0) is 24.6 Å². The summed E-state index contributed by atoms with van der Waals surface area (Å²) in [5.74, 6) is -2.23. The Kier molecular flexibility index (Phi) is 7.33. The Balaban J connectivity index is 5.08. The number of esters is 2. The Morgan fingerprint density at radius 1 is 1.14 bits per heavy atom. The molecule has 0 aliphatic carbocycles. The third kappa shape index (κ3) is 5.63. The van der Waals surface area contributed by atoms with Crippen molar-refractivity contribution >= 4 is 20.3 Å². The minimum atomic E-state index is -2.02. The molecular formula is C15H28O5Si. The zero-order chi connectivity index (χ0) is 16.8. The van der Waals surface area contributed by atoms with Gasteiger partial charge in [0.2, 0.25) is 0 Å². The fourth-order valence-electron chi connectivity index (χ4n) is 1.55. The second-order valence-electron chi connectivity index (χ2n) is 6.49. The highest BCUT2D eigenvalue weighted by Crippen LogP contribution is 2.38. The van der Waals surface area contributed by atoms with E-state index in [1.54, 1.807) is 6.08 Å². The van der Waals surface area contributed by atoms with E-state index in [2.05, 4.69) is 49.9 Å². The highest BCUT2D eigenvalue weighted by molar-refractivity contribution is 6.74. The summed E-state index contributed by atoms with van der Waals surface area (Å²) < 4.78 is 15.5. The minimum absolute atomic E-state index is 0.0281. The molecule has 21 heavy (non-hydrogen) atoms. The summed E-state index contributed by atoms with van der Waals surface area (Å²) in [6.45, 7) is 14.3. The fraction of sp³-hybridized carbons (Fsp3) is 0.733. The molecule has 0 bridgehead atoms. The van der Waals surface area contributed by atoms with Gasteiger partial charge in [-0.2, -0.15) is 0 Å². The van der Waals surface area contributed by atoms with Gasteiger partial charge in [0.05, 0.1) is 20.3 Å². The summed E-state index contributed by atoms with van der Waals surface area (Å²) in [5, 5.41) is 0.0281. The van der Waals surface area contributed by atoms with Gasteiger partial charge in [0, 0.05) is 0 Å². The van der Waals surface area contributed by atoms with Crippen molar-refractivity contribution in [1.82, 2.24) is 0 Å². The van der Waals surface area contributed by atoms with E-state index in [1.165, 1.54) is 14.2 Å². The summed E-state index contributed by atoms with van der Waals surface area (Å²) in [6, 6.07) is 0. The highest BCUT2D eigenvalue weighted by Gasteiger charge is 2.40. The van der Waals surface area contributed by atoms with Crippen LogP contribution in [0.2, 0.25) is 18.1 Å². The first-order valence-electron chi connectivity index (χ1n) is 6.96. The maximum atomic E-state index is 11.7. The van der Waals surface area contributed by atoms with Crippen molar-refractivity contribution in [3.05, 3.63) is 12.7 Å². The van der Waals surface area contributed by atoms with Gasteiger partial charge < -0.3 is 13.9 Å². The molecule has 1 atom stereocenters. The van der Waals surface area contributed by atoms with Gasteiger partial charge in [-0.3, -0.25) is 9.59 Å². The molecule has 0 fully saturated rings. The van der Waals surface area contributed by atoms with Crippen LogP contribution in [0, 0.1) is 5.92 Å². The van der Waals surface area contributed by atoms with Crippen molar-refractivity contribution in [2.24, 2.45) is 5.92 Å². The summed E-state index contributed by atoms with van der Waals surface area (Å²) >= 11 is 0. The molecule has 0 heterocycles. The molecule has 0 saturated carbocycles. The zero-order valence-corrected chi connectivity index (χ0v) is 15.2. The van der Waals surface area contributed by atoms with Crippen LogP contribution in [-0.2, 0) is 23.5 Å². The third-order valence-corrected chi connectivity index (χ3v) is 8.46. The monoisotopic (exact) mass is 316 g/mol. The number of hydrogen-bond acceptors (Lipinski definition) is 5. The van der Waals surface area contributed by atoms with E-state index < -0.39 is 32.3 Å². The first-order valence-corrected chi connectivity index (χ1v) is 9.87. The molecule has 0 unspecified atom stereocenters. The van der Waals surface area contributed by atoms with E-state index in [-0.39, 0.29) is 11.5 Å². The first kappa shape index (κ1) is 19.9. The number of carbonyl (C=O) groups is 2. The lowest BCUT2D eigenvalue weighted by atomic mass is 10.0. The number of ether oxygens (including phenoxy) is 2. The Labute approximate surface area is 128 Å². The third-order valence-electron chi connectivity index (χ3n) is 3.95. The molecular weight excluding hydrogens is 288 g/mol. The quantitative estimate of drug-likeness (QED) is 0.313. The lowest BCUT2D eigenvalue weighted by Crippen LogP contribution is -2.44. The summed E-state index contributed by atoms with van der Waals surface area (Å²) in [7, 11) is 0.471. The summed E-state index contributed by atoms with van der Waals surface area (Å²) in [6.07, 6.45) is 1.41. The fourth-order valence-corrected chi connectivity index (χ4v) is 2.86. The largest absolute Gasteiger partial charge is 0.468 e. The van der Waals surface area contributed by atoms with Gasteiger partial charge in [-0.25, -0.2) is 0 Å². The van der Waals surface area contributed by atoms with Gasteiger partial charge in [-0.15, -0.1) is 6.58 Å². The van der Waals surface area contributed by atoms with E-state index in [0.717, 1.165) is 0 Å². The normalized spacial score (nSPS) is 13.7. The number of methoxy groups -OCH3 is 2. The van der Waals surface area contributed by atoms with Crippen LogP contribution >= 0.6 is 0 Å². The minimum Gasteiger partial charge on any atom is -0.468 e. The van der Waals surface area contributed by atoms with Crippen molar-refractivity contribution in [2.45, 2.75) is 51.4 Å². The first-order chi connectivity index (χ1) is 9.50. The van der Waals surface area contributed by atoms with Crippen molar-refractivity contribution in [3.63, 3.8) is 0 Å². The van der Waals surface area contributed by atoms with Crippen LogP contribution < -0.4 is 0 Å². The van der Waals surface area contributed by atoms with Crippen molar-refractivity contribution in [1.29, 1.82) is 0 Å². The molecule has 0 aromatic rings. The highest BCUT2D eigenvalue weighted by atomic mass is 28.4. The Bertz CT molecular complexity index is 368. The molecule has 6 heteroatoms. The maximum Gasteiger partial charge on any atom is 0.320 e. The Hall–Kier alpha value is -1.14. The molecule has 122 valence electrons. The topological polar surface area (TPSA) is 61.8 Å². The van der Waals surface area contributed by atoms with E-state index in [1.807, 2.05) is 0 Å². The van der Waals surface area contributed by atoms with Crippen molar-refractivity contribution < 1.29 is 23.5 Å². The molecule has 0 aliphatic rings. The summed E-state index contributed by atoms with van der Waals surface area (Å²) in [4.78, 5) is 23.4. The molecule has 0 aromatic heterocycles. The van der Waals surface area contributed by atoms with E-state index in [4.69, 9.17) is 4.43 Å². The van der Waals surface area contributed by atoms with Gasteiger partial charge in [0.1, 0.15) is 0 Å². The average Bonchev–Trinajstić information content (AvgIpc) is 2.40. The van der Waals surface area contributed by atoms with Crippen LogP contribution in [0.1, 0.15) is 27.2 Å². The van der Waals surface area contributed by atoms with Gasteiger partial charge in [-0.1, -0.05) is 26.8 Å². The lowest BCUT2D eigenvalue weighted by molar-refractivity contribution is -0.159. The Morgan fingerprint density at radius 2 is 1.57 bits per heavy atom. The molecule has 0 radical (unpaired) electrons. The smallest absolute Gasteiger partial charge is 0.320 e. The maximum absolute atomic E-state index is 11.7. The molecule has 0 N–H and O–H groups in total. The van der Waals surface area contributed by atoms with Crippen LogP contribution in [0.5, 0.6) is 0 Å². The second-order valence-corrected chi connectivity index (χ2v) is 11.2. The van der Waals surface area contributed by atoms with Gasteiger partial charge in [0.15, 0.2) is 14.2 Å². The van der Waals surface area contributed by atoms with Gasteiger partial charge in [0.25, 0.3) is 0 Å². The van der Waals surface area contributed by atoms with E-state index >= 15 is 0 Å². The lowest BCUT2D eigenvalue weighted by Gasteiger charge is -2.39. The molecule has 0 aliphatic heterocycles. The number of hydrogen-bond donors (Lipinski definition) is 0. The molecule has 0 aromatic carbocycles. The number of carbonyl (C=O) groups excluding carboxylic acids is 2.